The summed E-state index contributed by atoms with van der Waals surface area (Å²) in [5.74, 6) is 1.10. The van der Waals surface area contributed by atoms with Gasteiger partial charge in [-0.2, -0.15) is 5.10 Å². The number of rotatable bonds is 5. The molecule has 3 aromatic heterocycles. The molecule has 0 bridgehead atoms. The molecule has 0 aliphatic carbocycles. The van der Waals surface area contributed by atoms with E-state index in [9.17, 15) is 4.39 Å². The van der Waals surface area contributed by atoms with Crippen LogP contribution in [0.5, 0.6) is 0 Å². The van der Waals surface area contributed by atoms with E-state index in [-0.39, 0.29) is 11.9 Å². The minimum absolute atomic E-state index is 0.0956. The Balaban J connectivity index is 1.45. The average molecular weight is 442 g/mol. The van der Waals surface area contributed by atoms with E-state index in [1.54, 1.807) is 29.4 Å². The maximum Gasteiger partial charge on any atom is 0.134 e. The maximum atomic E-state index is 14.5. The van der Waals surface area contributed by atoms with Crippen LogP contribution in [0.4, 0.5) is 10.2 Å². The SMILES string of the molecule is Cc1nc(N[C@@H](C)c2ccc(F)c(-c3cnn(C)c3)c2)cc(-c2ccc3occ(C)c3c2)n1. The van der Waals surface area contributed by atoms with Crippen molar-refractivity contribution < 1.29 is 8.81 Å². The minimum Gasteiger partial charge on any atom is -0.464 e. The number of hydrogen-bond acceptors (Lipinski definition) is 5. The largest absolute Gasteiger partial charge is 0.464 e. The lowest BCUT2D eigenvalue weighted by Gasteiger charge is -2.17. The molecule has 0 fully saturated rings. The molecule has 0 amide bonds. The van der Waals surface area contributed by atoms with Gasteiger partial charge in [-0.15, -0.1) is 0 Å². The van der Waals surface area contributed by atoms with E-state index in [0.717, 1.165) is 38.9 Å². The average Bonchev–Trinajstić information content (AvgIpc) is 3.39. The second kappa shape index (κ2) is 8.16. The highest BCUT2D eigenvalue weighted by Crippen LogP contribution is 2.30. The first-order valence-corrected chi connectivity index (χ1v) is 10.8. The van der Waals surface area contributed by atoms with E-state index in [2.05, 4.69) is 26.4 Å². The van der Waals surface area contributed by atoms with Gasteiger partial charge in [0.2, 0.25) is 0 Å². The molecule has 2 aromatic carbocycles. The van der Waals surface area contributed by atoms with Crippen molar-refractivity contribution in [1.82, 2.24) is 19.7 Å². The van der Waals surface area contributed by atoms with E-state index in [0.29, 0.717) is 17.2 Å². The van der Waals surface area contributed by atoms with Crippen molar-refractivity contribution in [2.45, 2.75) is 26.8 Å². The first-order chi connectivity index (χ1) is 15.9. The molecule has 3 heterocycles. The van der Waals surface area contributed by atoms with Gasteiger partial charge in [-0.1, -0.05) is 6.07 Å². The van der Waals surface area contributed by atoms with Crippen LogP contribution in [0.25, 0.3) is 33.4 Å². The molecule has 0 aliphatic heterocycles. The quantitative estimate of drug-likeness (QED) is 0.351. The minimum atomic E-state index is -0.274. The van der Waals surface area contributed by atoms with Crippen LogP contribution in [-0.2, 0) is 7.05 Å². The highest BCUT2D eigenvalue weighted by molar-refractivity contribution is 5.85. The molecule has 0 saturated heterocycles. The Kier molecular flexibility index (Phi) is 5.17. The molecule has 6 nitrogen and oxygen atoms in total. The Morgan fingerprint density at radius 1 is 1.03 bits per heavy atom. The van der Waals surface area contributed by atoms with Crippen LogP contribution in [0.2, 0.25) is 0 Å². The zero-order valence-corrected chi connectivity index (χ0v) is 18.9. The van der Waals surface area contributed by atoms with Gasteiger partial charge in [-0.25, -0.2) is 14.4 Å². The van der Waals surface area contributed by atoms with Crippen molar-refractivity contribution in [3.8, 4) is 22.4 Å². The predicted octanol–water partition coefficient (Wildman–Crippen LogP) is 6.22. The van der Waals surface area contributed by atoms with Crippen LogP contribution in [0.3, 0.4) is 0 Å². The topological polar surface area (TPSA) is 68.8 Å². The third kappa shape index (κ3) is 4.09. The van der Waals surface area contributed by atoms with Crippen LogP contribution in [-0.4, -0.2) is 19.7 Å². The van der Waals surface area contributed by atoms with Gasteiger partial charge in [-0.3, -0.25) is 4.68 Å². The van der Waals surface area contributed by atoms with Crippen LogP contribution in [0.15, 0.2) is 65.5 Å². The highest BCUT2D eigenvalue weighted by atomic mass is 19.1. The van der Waals surface area contributed by atoms with Gasteiger partial charge in [0.15, 0.2) is 0 Å². The Bertz CT molecular complexity index is 1470. The van der Waals surface area contributed by atoms with Gasteiger partial charge in [0, 0.05) is 47.4 Å². The number of benzene rings is 2. The molecular formula is C26H24FN5O. The molecule has 33 heavy (non-hydrogen) atoms. The van der Waals surface area contributed by atoms with Gasteiger partial charge in [0.25, 0.3) is 0 Å². The summed E-state index contributed by atoms with van der Waals surface area (Å²) >= 11 is 0. The molecule has 7 heteroatoms. The van der Waals surface area contributed by atoms with Gasteiger partial charge in [0.05, 0.1) is 18.2 Å². The fraction of sp³-hybridized carbons (Fsp3) is 0.192. The van der Waals surface area contributed by atoms with Crippen molar-refractivity contribution in [3.05, 3.63) is 83.9 Å². The van der Waals surface area contributed by atoms with Crippen molar-refractivity contribution in [2.75, 3.05) is 5.32 Å². The maximum absolute atomic E-state index is 14.5. The van der Waals surface area contributed by atoms with E-state index >= 15 is 0 Å². The standard InChI is InChI=1S/C26H24FN5O/c1-15-14-33-25-8-6-19(10-21(15)25)24-11-26(31-17(3)30-24)29-16(2)18-5-7-23(27)22(9-18)20-12-28-32(4)13-20/h5-14,16H,1-4H3,(H,29,30,31)/t16-/m0/s1. The summed E-state index contributed by atoms with van der Waals surface area (Å²) in [5.41, 5.74) is 5.99. The van der Waals surface area contributed by atoms with Gasteiger partial charge in [0.1, 0.15) is 23.0 Å². The highest BCUT2D eigenvalue weighted by Gasteiger charge is 2.14. The number of aromatic nitrogens is 4. The van der Waals surface area contributed by atoms with Gasteiger partial charge >= 0.3 is 0 Å². The molecule has 0 radical (unpaired) electrons. The van der Waals surface area contributed by atoms with Crippen molar-refractivity contribution in [3.63, 3.8) is 0 Å². The van der Waals surface area contributed by atoms with E-state index < -0.39 is 0 Å². The fourth-order valence-electron chi connectivity index (χ4n) is 4.00. The number of anilines is 1. The number of fused-ring (bicyclic) bond motifs is 1. The van der Waals surface area contributed by atoms with Crippen LogP contribution < -0.4 is 5.32 Å². The molecule has 166 valence electrons. The lowest BCUT2D eigenvalue weighted by molar-refractivity contribution is 0.613. The van der Waals surface area contributed by atoms with Gasteiger partial charge in [-0.05, 0) is 62.2 Å². The number of furan rings is 1. The predicted molar refractivity (Wildman–Crippen MR) is 127 cm³/mol. The summed E-state index contributed by atoms with van der Waals surface area (Å²) in [6.45, 7) is 5.93. The van der Waals surface area contributed by atoms with Crippen LogP contribution in [0.1, 0.15) is 29.9 Å². The summed E-state index contributed by atoms with van der Waals surface area (Å²) in [5, 5.41) is 8.67. The fourth-order valence-corrected chi connectivity index (χ4v) is 4.00. The third-order valence-corrected chi connectivity index (χ3v) is 5.77. The smallest absolute Gasteiger partial charge is 0.134 e. The Morgan fingerprint density at radius 2 is 1.88 bits per heavy atom. The molecule has 0 saturated carbocycles. The van der Waals surface area contributed by atoms with E-state index in [1.807, 2.05) is 52.1 Å². The molecule has 0 unspecified atom stereocenters. The zero-order chi connectivity index (χ0) is 23.1. The van der Waals surface area contributed by atoms with Crippen LogP contribution >= 0.6 is 0 Å². The Morgan fingerprint density at radius 3 is 2.67 bits per heavy atom. The summed E-state index contributed by atoms with van der Waals surface area (Å²) in [7, 11) is 1.82. The van der Waals surface area contributed by atoms with Crippen molar-refractivity contribution >= 4 is 16.8 Å². The number of hydrogen-bond donors (Lipinski definition) is 1. The number of nitrogens with zero attached hydrogens (tertiary/aromatic N) is 4. The molecule has 0 spiro atoms. The monoisotopic (exact) mass is 441 g/mol. The first kappa shape index (κ1) is 20.9. The lowest BCUT2D eigenvalue weighted by atomic mass is 10.0. The summed E-state index contributed by atoms with van der Waals surface area (Å²) in [4.78, 5) is 9.20. The molecule has 5 aromatic rings. The molecule has 5 rings (SSSR count). The summed E-state index contributed by atoms with van der Waals surface area (Å²) < 4.78 is 21.7. The molecule has 1 N–H and O–H groups in total. The second-order valence-electron chi connectivity index (χ2n) is 8.32. The summed E-state index contributed by atoms with van der Waals surface area (Å²) in [6, 6.07) is 13.0. The normalized spacial score (nSPS) is 12.3. The second-order valence-corrected chi connectivity index (χ2v) is 8.32. The third-order valence-electron chi connectivity index (χ3n) is 5.77. The number of nitrogens with one attached hydrogen (secondary N) is 1. The van der Waals surface area contributed by atoms with E-state index in [4.69, 9.17) is 4.42 Å². The summed E-state index contributed by atoms with van der Waals surface area (Å²) in [6.07, 6.45) is 5.23. The Hall–Kier alpha value is -4.00. The molecular weight excluding hydrogens is 417 g/mol. The lowest BCUT2D eigenvalue weighted by Crippen LogP contribution is -2.09. The first-order valence-electron chi connectivity index (χ1n) is 10.8. The number of halogens is 1. The molecule has 0 aliphatic rings. The van der Waals surface area contributed by atoms with Crippen LogP contribution in [0, 0.1) is 19.7 Å². The van der Waals surface area contributed by atoms with Gasteiger partial charge < -0.3 is 9.73 Å². The Labute approximate surface area is 191 Å². The number of aryl methyl sites for hydroxylation is 3. The van der Waals surface area contributed by atoms with E-state index in [1.165, 1.54) is 6.07 Å². The molecule has 1 atom stereocenters. The zero-order valence-electron chi connectivity index (χ0n) is 18.9. The van der Waals surface area contributed by atoms with Crippen molar-refractivity contribution in [2.24, 2.45) is 7.05 Å². The van der Waals surface area contributed by atoms with Crippen molar-refractivity contribution in [1.29, 1.82) is 0 Å².